The van der Waals surface area contributed by atoms with Crippen molar-refractivity contribution in [3.63, 3.8) is 0 Å². The Kier molecular flexibility index (Phi) is 5.95. The van der Waals surface area contributed by atoms with Gasteiger partial charge < -0.3 is 15.2 Å². The van der Waals surface area contributed by atoms with Crippen molar-refractivity contribution < 1.29 is 19.8 Å². The maximum absolute atomic E-state index is 9.10. The molecule has 0 amide bonds. The predicted molar refractivity (Wildman–Crippen MR) is 121 cm³/mol. The largest absolute Gasteiger partial charge is 0.473 e. The van der Waals surface area contributed by atoms with Crippen molar-refractivity contribution in [3.8, 4) is 0 Å². The van der Waals surface area contributed by atoms with Crippen molar-refractivity contribution in [2.24, 2.45) is 23.7 Å². The second-order valence-corrected chi connectivity index (χ2v) is 10.2. The Morgan fingerprint density at radius 2 is 1.47 bits per heavy atom. The number of aromatic nitrogens is 1. The van der Waals surface area contributed by atoms with Gasteiger partial charge in [0, 0.05) is 55.9 Å². The van der Waals surface area contributed by atoms with E-state index >= 15 is 0 Å². The molecule has 7 rings (SSSR count). The number of carboxylic acids is 2. The van der Waals surface area contributed by atoms with Gasteiger partial charge in [0.05, 0.1) is 0 Å². The number of nitrogens with one attached hydrogen (secondary N) is 1. The van der Waals surface area contributed by atoms with Crippen LogP contribution in [0.4, 0.5) is 0 Å². The van der Waals surface area contributed by atoms with Gasteiger partial charge in [-0.2, -0.15) is 0 Å². The normalized spacial score (nSPS) is 31.9. The first-order chi connectivity index (χ1) is 15.5. The first-order valence-corrected chi connectivity index (χ1v) is 12.0. The molecule has 5 aliphatic rings. The standard InChI is InChI=1S/C23H31N3.C2H2O4/c1-2-4-22-21(3-1)20(14-24-22)15-25-5-7-26(8-6-25)23-18-10-16-9-17(12-18)13-19(23)11-16;3-1(4)2(5)6/h1-4,14,16-19,23-24H,5-13,15H2;(H,3,4)(H,5,6). The minimum absolute atomic E-state index is 0.929. The van der Waals surface area contributed by atoms with Crippen LogP contribution in [0, 0.1) is 23.7 Å². The van der Waals surface area contributed by atoms with Crippen molar-refractivity contribution >= 4 is 22.8 Å². The number of piperazine rings is 1. The Labute approximate surface area is 188 Å². The molecule has 2 heterocycles. The molecule has 3 N–H and O–H groups in total. The summed E-state index contributed by atoms with van der Waals surface area (Å²) in [7, 11) is 0. The third-order valence-corrected chi connectivity index (χ3v) is 8.26. The second-order valence-electron chi connectivity index (χ2n) is 10.2. The number of fused-ring (bicyclic) bond motifs is 1. The van der Waals surface area contributed by atoms with Crippen LogP contribution in [0.1, 0.15) is 37.7 Å². The molecule has 1 saturated heterocycles. The van der Waals surface area contributed by atoms with E-state index in [1.807, 2.05) is 0 Å². The van der Waals surface area contributed by atoms with Gasteiger partial charge in [-0.1, -0.05) is 18.2 Å². The topological polar surface area (TPSA) is 96.9 Å². The summed E-state index contributed by atoms with van der Waals surface area (Å²) >= 11 is 0. The number of para-hydroxylation sites is 1. The lowest BCUT2D eigenvalue weighted by Crippen LogP contribution is -2.60. The summed E-state index contributed by atoms with van der Waals surface area (Å²) in [5.41, 5.74) is 2.73. The Morgan fingerprint density at radius 1 is 0.875 bits per heavy atom. The lowest BCUT2D eigenvalue weighted by Gasteiger charge is -2.58. The van der Waals surface area contributed by atoms with E-state index < -0.39 is 11.9 Å². The van der Waals surface area contributed by atoms with Crippen molar-refractivity contribution in [2.75, 3.05) is 26.2 Å². The van der Waals surface area contributed by atoms with Crippen LogP contribution in [0.15, 0.2) is 30.5 Å². The molecule has 4 bridgehead atoms. The molecule has 0 unspecified atom stereocenters. The molecule has 2 aromatic rings. The molecular formula is C25H33N3O4. The number of hydrogen-bond donors (Lipinski definition) is 3. The maximum atomic E-state index is 9.10. The minimum atomic E-state index is -1.82. The molecule has 5 fully saturated rings. The van der Waals surface area contributed by atoms with Crippen molar-refractivity contribution in [1.29, 1.82) is 0 Å². The summed E-state index contributed by atoms with van der Waals surface area (Å²) in [6.45, 7) is 6.15. The average Bonchev–Trinajstić information content (AvgIpc) is 3.17. The van der Waals surface area contributed by atoms with Gasteiger partial charge in [-0.25, -0.2) is 9.59 Å². The summed E-state index contributed by atoms with van der Waals surface area (Å²) in [6, 6.07) is 9.64. The molecule has 4 aliphatic carbocycles. The fraction of sp³-hybridized carbons (Fsp3) is 0.600. The second kappa shape index (κ2) is 8.87. The fourth-order valence-electron chi connectivity index (χ4n) is 7.22. The Bertz CT molecular complexity index is 938. The highest BCUT2D eigenvalue weighted by atomic mass is 16.4. The zero-order valence-electron chi connectivity index (χ0n) is 18.4. The maximum Gasteiger partial charge on any atom is 0.414 e. The SMILES string of the molecule is O=C(O)C(=O)O.c1ccc2c(CN3CCN(C4C5CC6CC(C5)CC4C6)CC3)c[nH]c2c1. The van der Waals surface area contributed by atoms with Crippen LogP contribution < -0.4 is 0 Å². The number of carboxylic acid groups (broad SMARTS) is 2. The molecule has 0 radical (unpaired) electrons. The Morgan fingerprint density at radius 3 is 2.06 bits per heavy atom. The molecule has 1 aromatic carbocycles. The molecule has 7 nitrogen and oxygen atoms in total. The predicted octanol–water partition coefficient (Wildman–Crippen LogP) is 3.27. The summed E-state index contributed by atoms with van der Waals surface area (Å²) in [4.78, 5) is 27.2. The quantitative estimate of drug-likeness (QED) is 0.635. The fourth-order valence-corrected chi connectivity index (χ4v) is 7.22. The monoisotopic (exact) mass is 439 g/mol. The van der Waals surface area contributed by atoms with Gasteiger partial charge in [-0.05, 0) is 67.4 Å². The van der Waals surface area contributed by atoms with E-state index in [9.17, 15) is 0 Å². The first-order valence-electron chi connectivity index (χ1n) is 12.0. The zero-order valence-corrected chi connectivity index (χ0v) is 18.4. The molecule has 1 aromatic heterocycles. The van der Waals surface area contributed by atoms with E-state index in [2.05, 4.69) is 45.2 Å². The van der Waals surface area contributed by atoms with Crippen molar-refractivity contribution in [1.82, 2.24) is 14.8 Å². The number of benzene rings is 1. The number of carbonyl (C=O) groups is 2. The van der Waals surface area contributed by atoms with Crippen LogP contribution in [-0.4, -0.2) is 69.2 Å². The molecule has 7 heteroatoms. The van der Waals surface area contributed by atoms with E-state index in [1.165, 1.54) is 42.6 Å². The van der Waals surface area contributed by atoms with Crippen LogP contribution in [0.25, 0.3) is 10.9 Å². The average molecular weight is 440 g/mol. The van der Waals surface area contributed by atoms with Gasteiger partial charge in [0.2, 0.25) is 0 Å². The molecule has 0 spiro atoms. The summed E-state index contributed by atoms with van der Waals surface area (Å²) in [6.07, 6.45) is 9.98. The molecule has 32 heavy (non-hydrogen) atoms. The highest BCUT2D eigenvalue weighted by molar-refractivity contribution is 6.27. The molecular weight excluding hydrogens is 406 g/mol. The summed E-state index contributed by atoms with van der Waals surface area (Å²) in [5, 5.41) is 16.2. The van der Waals surface area contributed by atoms with Gasteiger partial charge in [0.1, 0.15) is 0 Å². The lowest BCUT2D eigenvalue weighted by atomic mass is 9.54. The zero-order chi connectivity index (χ0) is 22.2. The number of H-pyrrole nitrogens is 1. The van der Waals surface area contributed by atoms with E-state index in [0.29, 0.717) is 0 Å². The smallest absolute Gasteiger partial charge is 0.414 e. The van der Waals surface area contributed by atoms with Gasteiger partial charge >= 0.3 is 11.9 Å². The van der Waals surface area contributed by atoms with E-state index in [1.54, 1.807) is 32.1 Å². The molecule has 172 valence electrons. The summed E-state index contributed by atoms with van der Waals surface area (Å²) in [5.74, 6) is 0.608. The summed E-state index contributed by atoms with van der Waals surface area (Å²) < 4.78 is 0. The van der Waals surface area contributed by atoms with Gasteiger partial charge in [0.15, 0.2) is 0 Å². The molecule has 0 atom stereocenters. The van der Waals surface area contributed by atoms with E-state index in [4.69, 9.17) is 19.8 Å². The van der Waals surface area contributed by atoms with Gasteiger partial charge in [0.25, 0.3) is 0 Å². The lowest BCUT2D eigenvalue weighted by molar-refractivity contribution is -0.159. The third-order valence-electron chi connectivity index (χ3n) is 8.26. The van der Waals surface area contributed by atoms with Crippen LogP contribution in [0.2, 0.25) is 0 Å². The van der Waals surface area contributed by atoms with E-state index in [-0.39, 0.29) is 0 Å². The van der Waals surface area contributed by atoms with Crippen LogP contribution in [-0.2, 0) is 16.1 Å². The van der Waals surface area contributed by atoms with Gasteiger partial charge in [-0.3, -0.25) is 9.80 Å². The number of hydrogen-bond acceptors (Lipinski definition) is 4. The number of aliphatic carboxylic acids is 2. The highest BCUT2D eigenvalue weighted by Crippen LogP contribution is 2.55. The number of aromatic amines is 1. The van der Waals surface area contributed by atoms with E-state index in [0.717, 1.165) is 36.3 Å². The van der Waals surface area contributed by atoms with Gasteiger partial charge in [-0.15, -0.1) is 0 Å². The van der Waals surface area contributed by atoms with Crippen LogP contribution >= 0.6 is 0 Å². The minimum Gasteiger partial charge on any atom is -0.473 e. The van der Waals surface area contributed by atoms with Crippen LogP contribution in [0.3, 0.4) is 0 Å². The third kappa shape index (κ3) is 4.28. The number of rotatable bonds is 3. The first kappa shape index (κ1) is 21.5. The molecule has 4 saturated carbocycles. The number of nitrogens with zero attached hydrogens (tertiary/aromatic N) is 2. The van der Waals surface area contributed by atoms with Crippen LogP contribution in [0.5, 0.6) is 0 Å². The van der Waals surface area contributed by atoms with Crippen molar-refractivity contribution in [3.05, 3.63) is 36.0 Å². The van der Waals surface area contributed by atoms with Crippen molar-refractivity contribution in [2.45, 2.75) is 44.7 Å². The highest BCUT2D eigenvalue weighted by Gasteiger charge is 2.50. The molecule has 1 aliphatic heterocycles. The Hall–Kier alpha value is -2.38. The Balaban J connectivity index is 0.000000322.